The zero-order valence-corrected chi connectivity index (χ0v) is 51.0. The number of hydrogen-bond donors (Lipinski definition) is 3. The van der Waals surface area contributed by atoms with Gasteiger partial charge in [0.25, 0.3) is 0 Å². The Kier molecular flexibility index (Phi) is 63.5. The first kappa shape index (κ1) is 73.8. The van der Waals surface area contributed by atoms with Crippen molar-refractivity contribution in [2.75, 3.05) is 13.2 Å². The maximum atomic E-state index is 12.5. The van der Waals surface area contributed by atoms with Gasteiger partial charge < -0.3 is 20.3 Å². The molecule has 6 heteroatoms. The third-order valence-electron chi connectivity index (χ3n) is 15.6. The lowest BCUT2D eigenvalue weighted by atomic mass is 10.0. The molecule has 0 heterocycles. The molecule has 2 unspecified atom stereocenters. The summed E-state index contributed by atoms with van der Waals surface area (Å²) in [5.74, 6) is -0.0775. The molecule has 0 aliphatic rings. The molecule has 0 aliphatic carbocycles. The molecule has 1 amide bonds. The van der Waals surface area contributed by atoms with Crippen LogP contribution < -0.4 is 5.32 Å². The summed E-state index contributed by atoms with van der Waals surface area (Å²) < 4.78 is 5.47. The Balaban J connectivity index is 3.46. The molecular weight excluding hydrogens is 935 g/mol. The van der Waals surface area contributed by atoms with E-state index in [0.717, 1.165) is 57.8 Å². The minimum Gasteiger partial charge on any atom is -0.466 e. The topological polar surface area (TPSA) is 95.9 Å². The molecule has 0 fully saturated rings. The Morgan fingerprint density at radius 2 is 0.671 bits per heavy atom. The van der Waals surface area contributed by atoms with Crippen LogP contribution in [0.4, 0.5) is 0 Å². The van der Waals surface area contributed by atoms with Crippen molar-refractivity contribution < 1.29 is 24.5 Å². The molecule has 0 aromatic rings. The number of esters is 1. The van der Waals surface area contributed by atoms with Gasteiger partial charge in [0.1, 0.15) is 0 Å². The second kappa shape index (κ2) is 65.3. The summed E-state index contributed by atoms with van der Waals surface area (Å²) in [6.45, 7) is 4.88. The number of ether oxygens (including phenoxy) is 1. The van der Waals surface area contributed by atoms with Crippen LogP contribution in [0.3, 0.4) is 0 Å². The molecular formula is C70H131NO5. The van der Waals surface area contributed by atoms with Crippen LogP contribution in [0.25, 0.3) is 0 Å². The maximum absolute atomic E-state index is 12.5. The molecule has 76 heavy (non-hydrogen) atoms. The number of nitrogens with one attached hydrogen (secondary N) is 1. The second-order valence-corrected chi connectivity index (χ2v) is 23.1. The van der Waals surface area contributed by atoms with Gasteiger partial charge in [-0.3, -0.25) is 9.59 Å². The predicted octanol–water partition coefficient (Wildman–Crippen LogP) is 21.7. The van der Waals surface area contributed by atoms with Gasteiger partial charge in [0.2, 0.25) is 5.91 Å². The van der Waals surface area contributed by atoms with Gasteiger partial charge in [-0.1, -0.05) is 313 Å². The fraction of sp³-hybridized carbons (Fsp3) is 0.857. The zero-order chi connectivity index (χ0) is 55.0. The van der Waals surface area contributed by atoms with Gasteiger partial charge in [0, 0.05) is 12.8 Å². The number of aliphatic hydroxyl groups excluding tert-OH is 2. The number of allylic oxidation sites excluding steroid dienone is 7. The Bertz CT molecular complexity index is 1270. The first-order chi connectivity index (χ1) is 37.5. The summed E-state index contributed by atoms with van der Waals surface area (Å²) in [5, 5.41) is 23.2. The van der Waals surface area contributed by atoms with Crippen molar-refractivity contribution in [3.05, 3.63) is 48.6 Å². The van der Waals surface area contributed by atoms with E-state index in [4.69, 9.17) is 4.74 Å². The highest BCUT2D eigenvalue weighted by Gasteiger charge is 2.18. The van der Waals surface area contributed by atoms with Gasteiger partial charge in [-0.05, 0) is 83.5 Å². The largest absolute Gasteiger partial charge is 0.466 e. The molecule has 0 radical (unpaired) electrons. The average molecular weight is 1070 g/mol. The summed E-state index contributed by atoms with van der Waals surface area (Å²) >= 11 is 0. The lowest BCUT2D eigenvalue weighted by molar-refractivity contribution is -0.143. The van der Waals surface area contributed by atoms with Crippen LogP contribution in [0.15, 0.2) is 48.6 Å². The molecule has 0 aromatic carbocycles. The van der Waals surface area contributed by atoms with E-state index in [1.807, 2.05) is 6.08 Å². The van der Waals surface area contributed by atoms with E-state index in [-0.39, 0.29) is 18.5 Å². The number of aliphatic hydroxyl groups is 2. The zero-order valence-electron chi connectivity index (χ0n) is 51.0. The number of amides is 1. The third-order valence-corrected chi connectivity index (χ3v) is 15.6. The lowest BCUT2D eigenvalue weighted by Crippen LogP contribution is -2.45. The van der Waals surface area contributed by atoms with Crippen molar-refractivity contribution >= 4 is 11.9 Å². The summed E-state index contributed by atoms with van der Waals surface area (Å²) in [6.07, 6.45) is 84.6. The minimum absolute atomic E-state index is 0.00516. The minimum atomic E-state index is -0.851. The molecule has 0 spiro atoms. The van der Waals surface area contributed by atoms with E-state index < -0.39 is 12.1 Å². The standard InChI is InChI=1S/C70H131NO5/c1-3-5-7-9-11-13-15-17-19-20-21-22-23-26-29-32-35-38-42-46-50-54-58-62-68(73)67(66-72)71-69(74)63-59-55-51-47-43-39-36-33-30-27-24-25-28-31-34-37-41-45-49-53-57-61-65-76-70(75)64-60-56-52-48-44-40-18-16-14-12-10-8-6-4-2/h10,12,16,18,27,30,58,62,67-68,72-73H,3-9,11,13-15,17,19-26,28-29,31-57,59-61,63-66H2,1-2H3,(H,71,74)/b12-10-,18-16-,30-27-,62-58+. The fourth-order valence-electron chi connectivity index (χ4n) is 10.4. The van der Waals surface area contributed by atoms with Gasteiger partial charge >= 0.3 is 5.97 Å². The van der Waals surface area contributed by atoms with Crippen LogP contribution in [-0.4, -0.2) is 47.4 Å². The summed E-state index contributed by atoms with van der Waals surface area (Å²) in [5.41, 5.74) is 0. The van der Waals surface area contributed by atoms with Gasteiger partial charge in [0.15, 0.2) is 0 Å². The first-order valence-corrected chi connectivity index (χ1v) is 33.9. The van der Waals surface area contributed by atoms with E-state index in [2.05, 4.69) is 55.6 Å². The molecule has 6 nitrogen and oxygen atoms in total. The highest BCUT2D eigenvalue weighted by atomic mass is 16.5. The lowest BCUT2D eigenvalue weighted by Gasteiger charge is -2.20. The van der Waals surface area contributed by atoms with Crippen LogP contribution in [-0.2, 0) is 14.3 Å². The van der Waals surface area contributed by atoms with Crippen LogP contribution in [0.1, 0.15) is 361 Å². The predicted molar refractivity (Wildman–Crippen MR) is 333 cm³/mol. The van der Waals surface area contributed by atoms with E-state index in [0.29, 0.717) is 19.4 Å². The maximum Gasteiger partial charge on any atom is 0.305 e. The third kappa shape index (κ3) is 61.0. The monoisotopic (exact) mass is 1070 g/mol. The quantitative estimate of drug-likeness (QED) is 0.0320. The van der Waals surface area contributed by atoms with Crippen molar-refractivity contribution in [1.82, 2.24) is 5.32 Å². The van der Waals surface area contributed by atoms with Gasteiger partial charge in [-0.2, -0.15) is 0 Å². The Morgan fingerprint density at radius 1 is 0.368 bits per heavy atom. The summed E-state index contributed by atoms with van der Waals surface area (Å²) in [7, 11) is 0. The second-order valence-electron chi connectivity index (χ2n) is 23.1. The van der Waals surface area contributed by atoms with E-state index >= 15 is 0 Å². The molecule has 446 valence electrons. The van der Waals surface area contributed by atoms with E-state index in [9.17, 15) is 19.8 Å². The van der Waals surface area contributed by atoms with Crippen molar-refractivity contribution in [3.63, 3.8) is 0 Å². The number of carbonyl (C=O) groups excluding carboxylic acids is 2. The molecule has 0 saturated carbocycles. The molecule has 2 atom stereocenters. The highest BCUT2D eigenvalue weighted by Crippen LogP contribution is 2.18. The van der Waals surface area contributed by atoms with E-state index in [1.165, 1.54) is 276 Å². The summed E-state index contributed by atoms with van der Waals surface area (Å²) in [4.78, 5) is 24.6. The van der Waals surface area contributed by atoms with Crippen LogP contribution in [0, 0.1) is 0 Å². The van der Waals surface area contributed by atoms with Crippen LogP contribution in [0.2, 0.25) is 0 Å². The summed E-state index contributed by atoms with van der Waals surface area (Å²) in [6, 6.07) is -0.635. The van der Waals surface area contributed by atoms with Gasteiger partial charge in [0.05, 0.1) is 25.4 Å². The number of carbonyl (C=O) groups is 2. The average Bonchev–Trinajstić information content (AvgIpc) is 3.42. The normalized spacial score (nSPS) is 12.8. The van der Waals surface area contributed by atoms with Crippen molar-refractivity contribution in [3.8, 4) is 0 Å². The van der Waals surface area contributed by atoms with Crippen molar-refractivity contribution in [2.45, 2.75) is 373 Å². The van der Waals surface area contributed by atoms with Crippen molar-refractivity contribution in [2.24, 2.45) is 0 Å². The van der Waals surface area contributed by atoms with Crippen molar-refractivity contribution in [1.29, 1.82) is 0 Å². The Hall–Kier alpha value is -2.18. The molecule has 0 aromatic heterocycles. The Morgan fingerprint density at radius 3 is 1.05 bits per heavy atom. The van der Waals surface area contributed by atoms with E-state index in [1.54, 1.807) is 6.08 Å². The number of hydrogen-bond acceptors (Lipinski definition) is 5. The SMILES string of the molecule is CCCC/C=C\C/C=C\CCCCCCCC(=O)OCCCCCCCCCCCCC/C=C\CCCCCCCCCC(=O)NC(CO)C(O)/C=C/CCCCCCCCCCCCCCCCCCCCCCC. The number of unbranched alkanes of at least 4 members (excludes halogenated alkanes) is 46. The Labute approximate surface area is 474 Å². The fourth-order valence-corrected chi connectivity index (χ4v) is 10.4. The van der Waals surface area contributed by atoms with Crippen LogP contribution in [0.5, 0.6) is 0 Å². The highest BCUT2D eigenvalue weighted by molar-refractivity contribution is 5.76. The molecule has 3 N–H and O–H groups in total. The molecule has 0 bridgehead atoms. The van der Waals surface area contributed by atoms with Crippen LogP contribution >= 0.6 is 0 Å². The number of rotatable bonds is 63. The smallest absolute Gasteiger partial charge is 0.305 e. The molecule has 0 rings (SSSR count). The van der Waals surface area contributed by atoms with Gasteiger partial charge in [-0.15, -0.1) is 0 Å². The molecule has 0 saturated heterocycles. The first-order valence-electron chi connectivity index (χ1n) is 33.9. The molecule has 0 aliphatic heterocycles. The van der Waals surface area contributed by atoms with Gasteiger partial charge in [-0.25, -0.2) is 0 Å².